The van der Waals surface area contributed by atoms with Crippen LogP contribution in [0.15, 0.2) is 5.16 Å². The van der Waals surface area contributed by atoms with Gasteiger partial charge in [-0.2, -0.15) is 0 Å². The summed E-state index contributed by atoms with van der Waals surface area (Å²) in [7, 11) is 0. The first-order chi connectivity index (χ1) is 9.03. The van der Waals surface area contributed by atoms with Gasteiger partial charge in [-0.1, -0.05) is 19.0 Å². The molecule has 0 aliphatic carbocycles. The molecule has 0 rings (SSSR count). The molecule has 19 heavy (non-hydrogen) atoms. The molecule has 0 atom stereocenters. The monoisotopic (exact) mass is 273 g/mol. The van der Waals surface area contributed by atoms with E-state index < -0.39 is 5.41 Å². The van der Waals surface area contributed by atoms with Crippen LogP contribution >= 0.6 is 0 Å². The van der Waals surface area contributed by atoms with E-state index in [1.807, 2.05) is 27.7 Å². The van der Waals surface area contributed by atoms with Gasteiger partial charge in [-0.15, -0.1) is 0 Å². The largest absolute Gasteiger partial charge is 0.409 e. The molecule has 0 bridgehead atoms. The van der Waals surface area contributed by atoms with Crippen LogP contribution in [-0.4, -0.2) is 48.2 Å². The number of hydrogen-bond donors (Lipinski definition) is 2. The van der Waals surface area contributed by atoms with Crippen molar-refractivity contribution >= 4 is 11.7 Å². The van der Waals surface area contributed by atoms with Gasteiger partial charge in [0.2, 0.25) is 5.91 Å². The van der Waals surface area contributed by atoms with Gasteiger partial charge < -0.3 is 20.6 Å². The van der Waals surface area contributed by atoms with E-state index in [0.717, 1.165) is 0 Å². The summed E-state index contributed by atoms with van der Waals surface area (Å²) in [5, 5.41) is 12.0. The summed E-state index contributed by atoms with van der Waals surface area (Å²) in [4.78, 5) is 14.3. The van der Waals surface area contributed by atoms with Gasteiger partial charge in [-0.05, 0) is 26.7 Å². The quantitative estimate of drug-likeness (QED) is 0.219. The minimum atomic E-state index is -0.920. The minimum absolute atomic E-state index is 0.0163. The van der Waals surface area contributed by atoms with Crippen molar-refractivity contribution in [1.82, 2.24) is 4.90 Å². The molecule has 0 aromatic rings. The first kappa shape index (κ1) is 17.7. The van der Waals surface area contributed by atoms with Gasteiger partial charge in [0.05, 0.1) is 6.61 Å². The van der Waals surface area contributed by atoms with Crippen molar-refractivity contribution < 1.29 is 14.7 Å². The number of carbonyl (C=O) groups is 1. The third-order valence-electron chi connectivity index (χ3n) is 3.59. The molecule has 0 spiro atoms. The van der Waals surface area contributed by atoms with Crippen LogP contribution < -0.4 is 5.73 Å². The van der Waals surface area contributed by atoms with Gasteiger partial charge in [0.15, 0.2) is 5.84 Å². The van der Waals surface area contributed by atoms with Crippen molar-refractivity contribution in [1.29, 1.82) is 0 Å². The fourth-order valence-corrected chi connectivity index (χ4v) is 2.14. The van der Waals surface area contributed by atoms with Crippen molar-refractivity contribution in [3.8, 4) is 0 Å². The normalized spacial score (nSPS) is 12.5. The van der Waals surface area contributed by atoms with Crippen LogP contribution in [0.25, 0.3) is 0 Å². The Balaban J connectivity index is 5.05. The van der Waals surface area contributed by atoms with Crippen LogP contribution in [0.3, 0.4) is 0 Å². The van der Waals surface area contributed by atoms with Crippen LogP contribution in [0.5, 0.6) is 0 Å². The van der Waals surface area contributed by atoms with Gasteiger partial charge >= 0.3 is 0 Å². The first-order valence-electron chi connectivity index (χ1n) is 6.89. The Kier molecular flexibility index (Phi) is 8.14. The summed E-state index contributed by atoms with van der Waals surface area (Å²) in [6.45, 7) is 9.78. The summed E-state index contributed by atoms with van der Waals surface area (Å²) >= 11 is 0. The molecule has 0 aliphatic heterocycles. The van der Waals surface area contributed by atoms with E-state index >= 15 is 0 Å². The number of hydrogen-bond acceptors (Lipinski definition) is 4. The number of nitrogens with two attached hydrogens (primary N) is 1. The van der Waals surface area contributed by atoms with Crippen LogP contribution in [-0.2, 0) is 9.53 Å². The smallest absolute Gasteiger partial charge is 0.236 e. The summed E-state index contributed by atoms with van der Waals surface area (Å²) in [6.07, 6.45) is 1.01. The minimum Gasteiger partial charge on any atom is -0.409 e. The van der Waals surface area contributed by atoms with E-state index in [1.165, 1.54) is 0 Å². The molecule has 1 amide bonds. The van der Waals surface area contributed by atoms with Gasteiger partial charge in [0, 0.05) is 19.7 Å². The Morgan fingerprint density at radius 3 is 2.26 bits per heavy atom. The third kappa shape index (κ3) is 4.09. The maximum absolute atomic E-state index is 12.7. The van der Waals surface area contributed by atoms with E-state index in [2.05, 4.69) is 5.16 Å². The molecule has 6 heteroatoms. The maximum atomic E-state index is 12.7. The van der Waals surface area contributed by atoms with Gasteiger partial charge in [0.1, 0.15) is 5.41 Å². The van der Waals surface area contributed by atoms with E-state index in [1.54, 1.807) is 4.90 Å². The molecule has 0 unspecified atom stereocenters. The van der Waals surface area contributed by atoms with Gasteiger partial charge in [-0.25, -0.2) is 0 Å². The molecular formula is C13H27N3O3. The average molecular weight is 273 g/mol. The fourth-order valence-electron chi connectivity index (χ4n) is 2.14. The Morgan fingerprint density at radius 1 is 1.32 bits per heavy atom. The number of nitrogens with zero attached hydrogens (tertiary/aromatic N) is 2. The maximum Gasteiger partial charge on any atom is 0.236 e. The second kappa shape index (κ2) is 8.74. The number of amides is 1. The zero-order valence-electron chi connectivity index (χ0n) is 12.5. The number of rotatable bonds is 9. The predicted molar refractivity (Wildman–Crippen MR) is 75.2 cm³/mol. The lowest BCUT2D eigenvalue weighted by Gasteiger charge is -2.34. The Labute approximate surface area is 115 Å². The Bertz CT molecular complexity index is 302. The van der Waals surface area contributed by atoms with Gasteiger partial charge in [-0.3, -0.25) is 4.79 Å². The number of amidine groups is 1. The Hall–Kier alpha value is -1.30. The van der Waals surface area contributed by atoms with Crippen LogP contribution in [0.4, 0.5) is 0 Å². The molecule has 0 aromatic carbocycles. The topological polar surface area (TPSA) is 88.2 Å². The van der Waals surface area contributed by atoms with Gasteiger partial charge in [0.25, 0.3) is 0 Å². The molecule has 0 fully saturated rings. The second-order valence-corrected chi connectivity index (χ2v) is 4.36. The Morgan fingerprint density at radius 2 is 1.89 bits per heavy atom. The van der Waals surface area contributed by atoms with E-state index in [-0.39, 0.29) is 11.7 Å². The van der Waals surface area contributed by atoms with Crippen molar-refractivity contribution in [3.63, 3.8) is 0 Å². The molecule has 0 aliphatic rings. The zero-order chi connectivity index (χ0) is 14.9. The highest BCUT2D eigenvalue weighted by molar-refractivity contribution is 6.06. The lowest BCUT2D eigenvalue weighted by molar-refractivity contribution is -0.139. The second-order valence-electron chi connectivity index (χ2n) is 4.36. The van der Waals surface area contributed by atoms with Crippen LogP contribution in [0, 0.1) is 5.41 Å². The highest BCUT2D eigenvalue weighted by Crippen LogP contribution is 2.29. The van der Waals surface area contributed by atoms with E-state index in [0.29, 0.717) is 39.1 Å². The standard InChI is InChI=1S/C13H27N3O3/c1-5-13(6-2,11(14)15-18)12(17)16(7-3)9-10-19-8-4/h18H,5-10H2,1-4H3,(H2,14,15). The molecule has 0 saturated carbocycles. The lowest BCUT2D eigenvalue weighted by Crippen LogP contribution is -2.51. The highest BCUT2D eigenvalue weighted by atomic mass is 16.5. The first-order valence-corrected chi connectivity index (χ1v) is 6.89. The van der Waals surface area contributed by atoms with Crippen molar-refractivity contribution in [3.05, 3.63) is 0 Å². The molecule has 6 nitrogen and oxygen atoms in total. The molecule has 0 heterocycles. The summed E-state index contributed by atoms with van der Waals surface area (Å²) in [6, 6.07) is 0. The molecule has 0 saturated heterocycles. The molecule has 0 aromatic heterocycles. The number of carbonyl (C=O) groups excluding carboxylic acids is 1. The van der Waals surface area contributed by atoms with Crippen molar-refractivity contribution in [2.45, 2.75) is 40.5 Å². The molecule has 112 valence electrons. The number of oxime groups is 1. The lowest BCUT2D eigenvalue weighted by atomic mass is 9.79. The SMILES string of the molecule is CCOCCN(CC)C(=O)C(CC)(CC)C(N)=NO. The van der Waals surface area contributed by atoms with E-state index in [4.69, 9.17) is 15.7 Å². The molecule has 3 N–H and O–H groups in total. The summed E-state index contributed by atoms with van der Waals surface area (Å²) < 4.78 is 5.28. The van der Waals surface area contributed by atoms with Crippen LogP contribution in [0.2, 0.25) is 0 Å². The van der Waals surface area contributed by atoms with Crippen molar-refractivity contribution in [2.75, 3.05) is 26.3 Å². The summed E-state index contributed by atoms with van der Waals surface area (Å²) in [5.41, 5.74) is 4.82. The van der Waals surface area contributed by atoms with E-state index in [9.17, 15) is 4.79 Å². The van der Waals surface area contributed by atoms with Crippen LogP contribution in [0.1, 0.15) is 40.5 Å². The van der Waals surface area contributed by atoms with Crippen molar-refractivity contribution in [2.24, 2.45) is 16.3 Å². The fraction of sp³-hybridized carbons (Fsp3) is 0.846. The predicted octanol–water partition coefficient (Wildman–Crippen LogP) is 1.42. The summed E-state index contributed by atoms with van der Waals surface area (Å²) in [5.74, 6) is -0.118. The number of ether oxygens (including phenoxy) is 1. The number of likely N-dealkylation sites (N-methyl/N-ethyl adjacent to an activating group) is 1. The third-order valence-corrected chi connectivity index (χ3v) is 3.59. The molecular weight excluding hydrogens is 246 g/mol. The highest BCUT2D eigenvalue weighted by Gasteiger charge is 2.42. The average Bonchev–Trinajstić information content (AvgIpc) is 2.45. The molecule has 0 radical (unpaired) electrons. The zero-order valence-corrected chi connectivity index (χ0v) is 12.5.